The molecule has 0 aromatic heterocycles. The minimum atomic E-state index is 0.363. The lowest BCUT2D eigenvalue weighted by Gasteiger charge is -2.39. The first-order chi connectivity index (χ1) is 7.40. The number of likely N-dealkylation sites (tertiary alicyclic amines) is 1. The molecule has 2 aliphatic rings. The quantitative estimate of drug-likeness (QED) is 0.766. The molecule has 15 heavy (non-hydrogen) atoms. The number of ether oxygens (including phenoxy) is 1. The third-order valence-electron chi connectivity index (χ3n) is 3.89. The molecule has 0 radical (unpaired) electrons. The third-order valence-corrected chi connectivity index (χ3v) is 3.89. The summed E-state index contributed by atoms with van der Waals surface area (Å²) in [5, 5.41) is 8.90. The van der Waals surface area contributed by atoms with E-state index in [2.05, 4.69) is 4.90 Å². The van der Waals surface area contributed by atoms with Crippen molar-refractivity contribution in [3.8, 4) is 0 Å². The van der Waals surface area contributed by atoms with Gasteiger partial charge in [-0.1, -0.05) is 0 Å². The molecular formula is C12H23NO2. The molecule has 0 amide bonds. The van der Waals surface area contributed by atoms with E-state index in [1.807, 2.05) is 0 Å². The van der Waals surface area contributed by atoms with Crippen molar-refractivity contribution in [3.63, 3.8) is 0 Å². The molecule has 0 aliphatic carbocycles. The predicted molar refractivity (Wildman–Crippen MR) is 59.8 cm³/mol. The Morgan fingerprint density at radius 2 is 1.73 bits per heavy atom. The Balaban J connectivity index is 1.72. The lowest BCUT2D eigenvalue weighted by molar-refractivity contribution is 0.0195. The molecule has 2 fully saturated rings. The molecular weight excluding hydrogens is 190 g/mol. The van der Waals surface area contributed by atoms with Crippen LogP contribution in [0.3, 0.4) is 0 Å². The van der Waals surface area contributed by atoms with Gasteiger partial charge in [0.15, 0.2) is 0 Å². The fraction of sp³-hybridized carbons (Fsp3) is 1.00. The topological polar surface area (TPSA) is 32.7 Å². The zero-order valence-corrected chi connectivity index (χ0v) is 9.53. The summed E-state index contributed by atoms with van der Waals surface area (Å²) < 4.78 is 5.39. The highest BCUT2D eigenvalue weighted by Gasteiger charge is 2.25. The van der Waals surface area contributed by atoms with Gasteiger partial charge in [0, 0.05) is 25.9 Å². The Kier molecular flexibility index (Phi) is 4.42. The molecule has 0 atom stereocenters. The van der Waals surface area contributed by atoms with Crippen molar-refractivity contribution in [2.45, 2.75) is 38.1 Å². The van der Waals surface area contributed by atoms with Gasteiger partial charge in [-0.2, -0.15) is 0 Å². The number of piperidine rings is 1. The van der Waals surface area contributed by atoms with E-state index in [-0.39, 0.29) is 0 Å². The summed E-state index contributed by atoms with van der Waals surface area (Å²) >= 11 is 0. The van der Waals surface area contributed by atoms with Crippen molar-refractivity contribution >= 4 is 0 Å². The summed E-state index contributed by atoms with van der Waals surface area (Å²) in [5.41, 5.74) is 0. The first kappa shape index (κ1) is 11.4. The Morgan fingerprint density at radius 1 is 1.07 bits per heavy atom. The second-order valence-electron chi connectivity index (χ2n) is 4.84. The number of aliphatic hydroxyl groups excluding tert-OH is 1. The highest BCUT2D eigenvalue weighted by molar-refractivity contribution is 4.79. The molecule has 0 bridgehead atoms. The summed E-state index contributed by atoms with van der Waals surface area (Å²) in [5.74, 6) is 0.770. The van der Waals surface area contributed by atoms with Crippen LogP contribution >= 0.6 is 0 Å². The number of aliphatic hydroxyl groups is 1. The Labute approximate surface area is 92.4 Å². The zero-order chi connectivity index (χ0) is 10.5. The molecule has 0 unspecified atom stereocenters. The minimum absolute atomic E-state index is 0.363. The first-order valence-electron chi connectivity index (χ1n) is 6.33. The van der Waals surface area contributed by atoms with Crippen molar-refractivity contribution in [3.05, 3.63) is 0 Å². The van der Waals surface area contributed by atoms with Gasteiger partial charge < -0.3 is 14.7 Å². The van der Waals surface area contributed by atoms with Gasteiger partial charge in [0.1, 0.15) is 0 Å². The van der Waals surface area contributed by atoms with Crippen LogP contribution in [0.25, 0.3) is 0 Å². The van der Waals surface area contributed by atoms with Gasteiger partial charge in [-0.15, -0.1) is 0 Å². The van der Waals surface area contributed by atoms with Crippen LogP contribution in [0, 0.1) is 5.92 Å². The van der Waals surface area contributed by atoms with Gasteiger partial charge in [-0.25, -0.2) is 0 Å². The third kappa shape index (κ3) is 3.16. The van der Waals surface area contributed by atoms with Crippen LogP contribution in [0.1, 0.15) is 32.1 Å². The minimum Gasteiger partial charge on any atom is -0.396 e. The van der Waals surface area contributed by atoms with Gasteiger partial charge in [0.2, 0.25) is 0 Å². The summed E-state index contributed by atoms with van der Waals surface area (Å²) in [4.78, 5) is 2.64. The van der Waals surface area contributed by atoms with E-state index in [0.717, 1.165) is 31.6 Å². The number of nitrogens with zero attached hydrogens (tertiary/aromatic N) is 1. The van der Waals surface area contributed by atoms with Gasteiger partial charge in [-0.05, 0) is 51.1 Å². The molecule has 0 aromatic carbocycles. The maximum Gasteiger partial charge on any atom is 0.0480 e. The van der Waals surface area contributed by atoms with Crippen LogP contribution in [0.5, 0.6) is 0 Å². The van der Waals surface area contributed by atoms with Crippen LogP contribution in [0.2, 0.25) is 0 Å². The number of rotatable bonds is 3. The predicted octanol–water partition coefficient (Wildman–Crippen LogP) is 1.26. The van der Waals surface area contributed by atoms with E-state index in [0.29, 0.717) is 6.61 Å². The van der Waals surface area contributed by atoms with Crippen molar-refractivity contribution < 1.29 is 9.84 Å². The highest BCUT2D eigenvalue weighted by atomic mass is 16.5. The average molecular weight is 213 g/mol. The molecule has 2 aliphatic heterocycles. The molecule has 3 heteroatoms. The number of hydrogen-bond acceptors (Lipinski definition) is 3. The first-order valence-corrected chi connectivity index (χ1v) is 6.33. The standard InChI is InChI=1S/C12H23NO2/c14-8-3-11-1-6-13(7-2-11)12-4-9-15-10-5-12/h11-12,14H,1-10H2. The summed E-state index contributed by atoms with van der Waals surface area (Å²) in [6.07, 6.45) is 5.98. The van der Waals surface area contributed by atoms with Crippen LogP contribution in [0.4, 0.5) is 0 Å². The Bertz CT molecular complexity index is 172. The highest BCUT2D eigenvalue weighted by Crippen LogP contribution is 2.24. The summed E-state index contributed by atoms with van der Waals surface area (Å²) in [6.45, 7) is 4.72. The van der Waals surface area contributed by atoms with Crippen molar-refractivity contribution in [1.82, 2.24) is 4.90 Å². The summed E-state index contributed by atoms with van der Waals surface area (Å²) in [6, 6.07) is 0.772. The van der Waals surface area contributed by atoms with Crippen LogP contribution in [-0.4, -0.2) is 49.0 Å². The zero-order valence-electron chi connectivity index (χ0n) is 9.53. The molecule has 0 saturated carbocycles. The van der Waals surface area contributed by atoms with Crippen molar-refractivity contribution in [2.75, 3.05) is 32.9 Å². The molecule has 1 N–H and O–H groups in total. The normalized spacial score (nSPS) is 27.0. The lowest BCUT2D eigenvalue weighted by Crippen LogP contribution is -2.44. The average Bonchev–Trinajstić information content (AvgIpc) is 2.32. The molecule has 2 heterocycles. The SMILES string of the molecule is OCCC1CCN(C2CCOCC2)CC1. The monoisotopic (exact) mass is 213 g/mol. The molecule has 0 aromatic rings. The van der Waals surface area contributed by atoms with E-state index in [1.165, 1.54) is 38.8 Å². The molecule has 3 nitrogen and oxygen atoms in total. The van der Waals surface area contributed by atoms with Gasteiger partial charge in [0.25, 0.3) is 0 Å². The summed E-state index contributed by atoms with van der Waals surface area (Å²) in [7, 11) is 0. The van der Waals surface area contributed by atoms with E-state index < -0.39 is 0 Å². The van der Waals surface area contributed by atoms with Crippen LogP contribution < -0.4 is 0 Å². The Hall–Kier alpha value is -0.120. The fourth-order valence-corrected chi connectivity index (χ4v) is 2.84. The van der Waals surface area contributed by atoms with Crippen molar-refractivity contribution in [2.24, 2.45) is 5.92 Å². The maximum atomic E-state index is 8.90. The van der Waals surface area contributed by atoms with E-state index in [1.54, 1.807) is 0 Å². The molecule has 2 saturated heterocycles. The van der Waals surface area contributed by atoms with E-state index in [4.69, 9.17) is 9.84 Å². The second-order valence-corrected chi connectivity index (χ2v) is 4.84. The lowest BCUT2D eigenvalue weighted by atomic mass is 9.92. The second kappa shape index (κ2) is 5.83. The van der Waals surface area contributed by atoms with E-state index >= 15 is 0 Å². The van der Waals surface area contributed by atoms with Gasteiger partial charge in [-0.3, -0.25) is 0 Å². The van der Waals surface area contributed by atoms with Crippen molar-refractivity contribution in [1.29, 1.82) is 0 Å². The number of hydrogen-bond donors (Lipinski definition) is 1. The smallest absolute Gasteiger partial charge is 0.0480 e. The maximum absolute atomic E-state index is 8.90. The van der Waals surface area contributed by atoms with Crippen LogP contribution in [0.15, 0.2) is 0 Å². The molecule has 0 spiro atoms. The fourth-order valence-electron chi connectivity index (χ4n) is 2.84. The van der Waals surface area contributed by atoms with Crippen LogP contribution in [-0.2, 0) is 4.74 Å². The van der Waals surface area contributed by atoms with E-state index in [9.17, 15) is 0 Å². The van der Waals surface area contributed by atoms with Gasteiger partial charge in [0.05, 0.1) is 0 Å². The molecule has 2 rings (SSSR count). The Morgan fingerprint density at radius 3 is 2.33 bits per heavy atom. The largest absolute Gasteiger partial charge is 0.396 e. The van der Waals surface area contributed by atoms with Gasteiger partial charge >= 0.3 is 0 Å². The molecule has 88 valence electrons.